The first kappa shape index (κ1) is 13.7. The molecule has 1 aromatic carbocycles. The molecule has 102 valence electrons. The molecule has 0 aliphatic carbocycles. The van der Waals surface area contributed by atoms with E-state index in [1.165, 1.54) is 0 Å². The van der Waals surface area contributed by atoms with E-state index >= 15 is 0 Å². The first-order valence-corrected chi connectivity index (χ1v) is 6.86. The molecule has 0 unspecified atom stereocenters. The molecule has 0 bridgehead atoms. The summed E-state index contributed by atoms with van der Waals surface area (Å²) in [5.74, 6) is 2.77. The van der Waals surface area contributed by atoms with Crippen molar-refractivity contribution >= 4 is 0 Å². The lowest BCUT2D eigenvalue weighted by atomic mass is 10.2. The third-order valence-corrected chi connectivity index (χ3v) is 2.82. The molecule has 3 nitrogen and oxygen atoms in total. The molecule has 0 atom stereocenters. The summed E-state index contributed by atoms with van der Waals surface area (Å²) in [5.41, 5.74) is 1.08. The summed E-state index contributed by atoms with van der Waals surface area (Å²) >= 11 is 0. The van der Waals surface area contributed by atoms with Crippen molar-refractivity contribution in [1.29, 1.82) is 0 Å². The zero-order valence-electron chi connectivity index (χ0n) is 11.6. The highest BCUT2D eigenvalue weighted by Crippen LogP contribution is 2.24. The molecule has 0 saturated carbocycles. The van der Waals surface area contributed by atoms with Crippen LogP contribution in [0.4, 0.5) is 0 Å². The Hall–Kier alpha value is -1.74. The molecule has 0 aliphatic heterocycles. The van der Waals surface area contributed by atoms with E-state index in [2.05, 4.69) is 19.2 Å². The summed E-state index contributed by atoms with van der Waals surface area (Å²) in [5, 5.41) is 3.25. The van der Waals surface area contributed by atoms with Crippen molar-refractivity contribution < 1.29 is 9.15 Å². The molecule has 0 spiro atoms. The number of hydrogen-bond donors (Lipinski definition) is 1. The van der Waals surface area contributed by atoms with Crippen molar-refractivity contribution in [2.45, 2.75) is 26.8 Å². The maximum Gasteiger partial charge on any atom is 0.134 e. The smallest absolute Gasteiger partial charge is 0.134 e. The normalized spacial score (nSPS) is 10.6. The molecular weight excluding hydrogens is 238 g/mol. The quantitative estimate of drug-likeness (QED) is 0.820. The SMILES string of the molecule is CCCOc1ccc(-c2ccc(CNCC)o2)cc1. The van der Waals surface area contributed by atoms with Crippen molar-refractivity contribution in [2.24, 2.45) is 0 Å². The minimum Gasteiger partial charge on any atom is -0.494 e. The van der Waals surface area contributed by atoms with Gasteiger partial charge in [-0.3, -0.25) is 0 Å². The van der Waals surface area contributed by atoms with Crippen LogP contribution in [-0.2, 0) is 6.54 Å². The number of rotatable bonds is 7. The lowest BCUT2D eigenvalue weighted by Crippen LogP contribution is -2.10. The Kier molecular flexibility index (Phi) is 5.04. The average molecular weight is 259 g/mol. The van der Waals surface area contributed by atoms with Gasteiger partial charge in [0.05, 0.1) is 13.2 Å². The van der Waals surface area contributed by atoms with Crippen molar-refractivity contribution in [3.05, 3.63) is 42.2 Å². The molecule has 0 amide bonds. The zero-order chi connectivity index (χ0) is 13.5. The van der Waals surface area contributed by atoms with Gasteiger partial charge >= 0.3 is 0 Å². The van der Waals surface area contributed by atoms with Crippen molar-refractivity contribution in [3.8, 4) is 17.1 Å². The minimum absolute atomic E-state index is 0.757. The molecule has 1 heterocycles. The van der Waals surface area contributed by atoms with Gasteiger partial charge in [-0.15, -0.1) is 0 Å². The molecule has 0 saturated heterocycles. The summed E-state index contributed by atoms with van der Waals surface area (Å²) in [6.45, 7) is 6.66. The maximum atomic E-state index is 5.79. The monoisotopic (exact) mass is 259 g/mol. The van der Waals surface area contributed by atoms with Gasteiger partial charge in [-0.2, -0.15) is 0 Å². The Bertz CT molecular complexity index is 488. The van der Waals surface area contributed by atoms with Crippen LogP contribution in [0.15, 0.2) is 40.8 Å². The Morgan fingerprint density at radius 3 is 2.53 bits per heavy atom. The summed E-state index contributed by atoms with van der Waals surface area (Å²) in [6.07, 6.45) is 1.02. The Balaban J connectivity index is 2.02. The fraction of sp³-hybridized carbons (Fsp3) is 0.375. The van der Waals surface area contributed by atoms with Gasteiger partial charge in [-0.1, -0.05) is 13.8 Å². The molecule has 0 aliphatic rings. The van der Waals surface area contributed by atoms with E-state index in [1.807, 2.05) is 36.4 Å². The zero-order valence-corrected chi connectivity index (χ0v) is 11.6. The molecule has 2 aromatic rings. The molecule has 0 radical (unpaired) electrons. The topological polar surface area (TPSA) is 34.4 Å². The molecule has 19 heavy (non-hydrogen) atoms. The average Bonchev–Trinajstić information content (AvgIpc) is 2.92. The largest absolute Gasteiger partial charge is 0.494 e. The second kappa shape index (κ2) is 7.00. The van der Waals surface area contributed by atoms with Crippen LogP contribution in [0, 0.1) is 0 Å². The third kappa shape index (κ3) is 3.86. The Morgan fingerprint density at radius 1 is 1.05 bits per heavy atom. The van der Waals surface area contributed by atoms with Crippen LogP contribution in [-0.4, -0.2) is 13.2 Å². The predicted molar refractivity (Wildman–Crippen MR) is 77.3 cm³/mol. The summed E-state index contributed by atoms with van der Waals surface area (Å²) in [4.78, 5) is 0. The fourth-order valence-electron chi connectivity index (χ4n) is 1.81. The van der Waals surface area contributed by atoms with E-state index in [0.29, 0.717) is 0 Å². The molecule has 1 aromatic heterocycles. The van der Waals surface area contributed by atoms with Crippen LogP contribution in [0.2, 0.25) is 0 Å². The van der Waals surface area contributed by atoms with Crippen LogP contribution >= 0.6 is 0 Å². The summed E-state index contributed by atoms with van der Waals surface area (Å²) in [6, 6.07) is 12.0. The van der Waals surface area contributed by atoms with Crippen LogP contribution in [0.3, 0.4) is 0 Å². The van der Waals surface area contributed by atoms with Crippen LogP contribution in [0.25, 0.3) is 11.3 Å². The summed E-state index contributed by atoms with van der Waals surface area (Å²) < 4.78 is 11.4. The molecule has 1 N–H and O–H groups in total. The van der Waals surface area contributed by atoms with Gasteiger partial charge in [0.1, 0.15) is 17.3 Å². The van der Waals surface area contributed by atoms with Crippen molar-refractivity contribution in [3.63, 3.8) is 0 Å². The van der Waals surface area contributed by atoms with E-state index in [9.17, 15) is 0 Å². The van der Waals surface area contributed by atoms with E-state index in [1.54, 1.807) is 0 Å². The number of furan rings is 1. The minimum atomic E-state index is 0.757. The van der Waals surface area contributed by atoms with Gasteiger partial charge in [0.25, 0.3) is 0 Å². The second-order valence-corrected chi connectivity index (χ2v) is 4.42. The van der Waals surface area contributed by atoms with E-state index < -0.39 is 0 Å². The van der Waals surface area contributed by atoms with Crippen LogP contribution in [0.5, 0.6) is 5.75 Å². The maximum absolute atomic E-state index is 5.79. The van der Waals surface area contributed by atoms with E-state index in [4.69, 9.17) is 9.15 Å². The molecule has 3 heteroatoms. The first-order chi connectivity index (χ1) is 9.33. The van der Waals surface area contributed by atoms with Gasteiger partial charge in [0.2, 0.25) is 0 Å². The number of ether oxygens (including phenoxy) is 1. The van der Waals surface area contributed by atoms with Crippen LogP contribution in [0.1, 0.15) is 26.0 Å². The second-order valence-electron chi connectivity index (χ2n) is 4.42. The Labute approximate surface area is 114 Å². The fourth-order valence-corrected chi connectivity index (χ4v) is 1.81. The van der Waals surface area contributed by atoms with Gasteiger partial charge in [0, 0.05) is 5.56 Å². The number of benzene rings is 1. The van der Waals surface area contributed by atoms with Gasteiger partial charge in [0.15, 0.2) is 0 Å². The van der Waals surface area contributed by atoms with E-state index in [-0.39, 0.29) is 0 Å². The van der Waals surface area contributed by atoms with Crippen molar-refractivity contribution in [1.82, 2.24) is 5.32 Å². The molecular formula is C16H21NO2. The van der Waals surface area contributed by atoms with Crippen LogP contribution < -0.4 is 10.1 Å². The van der Waals surface area contributed by atoms with Gasteiger partial charge < -0.3 is 14.5 Å². The predicted octanol–water partition coefficient (Wildman–Crippen LogP) is 3.84. The highest BCUT2D eigenvalue weighted by atomic mass is 16.5. The first-order valence-electron chi connectivity index (χ1n) is 6.86. The Morgan fingerprint density at radius 2 is 1.84 bits per heavy atom. The third-order valence-electron chi connectivity index (χ3n) is 2.82. The molecule has 0 fully saturated rings. The molecule has 2 rings (SSSR count). The van der Waals surface area contributed by atoms with E-state index in [0.717, 1.165) is 49.0 Å². The highest BCUT2D eigenvalue weighted by Gasteiger charge is 2.04. The van der Waals surface area contributed by atoms with Crippen molar-refractivity contribution in [2.75, 3.05) is 13.2 Å². The lowest BCUT2D eigenvalue weighted by Gasteiger charge is -2.04. The standard InChI is InChI=1S/C16H21NO2/c1-3-11-18-14-7-5-13(6-8-14)16-10-9-15(19-16)12-17-4-2/h5-10,17H,3-4,11-12H2,1-2H3. The number of nitrogens with one attached hydrogen (secondary N) is 1. The number of hydrogen-bond acceptors (Lipinski definition) is 3. The summed E-state index contributed by atoms with van der Waals surface area (Å²) in [7, 11) is 0. The lowest BCUT2D eigenvalue weighted by molar-refractivity contribution is 0.317. The van der Waals surface area contributed by atoms with Gasteiger partial charge in [-0.05, 0) is 49.4 Å². The van der Waals surface area contributed by atoms with Gasteiger partial charge in [-0.25, -0.2) is 0 Å². The highest BCUT2D eigenvalue weighted by molar-refractivity contribution is 5.58.